The molecule has 6 heteroatoms. The van der Waals surface area contributed by atoms with Crippen molar-refractivity contribution in [3.63, 3.8) is 0 Å². The van der Waals surface area contributed by atoms with Crippen LogP contribution in [-0.4, -0.2) is 57.3 Å². The second-order valence-electron chi connectivity index (χ2n) is 16.5. The van der Waals surface area contributed by atoms with Gasteiger partial charge in [-0.3, -0.25) is 4.79 Å². The molecule has 0 saturated carbocycles. The highest BCUT2D eigenvalue weighted by Crippen LogP contribution is 2.17. The Bertz CT molecular complexity index is 706. The zero-order chi connectivity index (χ0) is 38.2. The number of aliphatic hydroxyl groups excluding tert-OH is 4. The molecule has 4 atom stereocenters. The Labute approximate surface area is 324 Å². The number of amides is 1. The number of hydrogen-bond donors (Lipinski definition) is 5. The van der Waals surface area contributed by atoms with Gasteiger partial charge in [-0.1, -0.05) is 245 Å². The van der Waals surface area contributed by atoms with Crippen LogP contribution in [0.4, 0.5) is 0 Å². The van der Waals surface area contributed by atoms with Crippen molar-refractivity contribution in [3.05, 3.63) is 0 Å². The Morgan fingerprint density at radius 3 is 0.923 bits per heavy atom. The fourth-order valence-electron chi connectivity index (χ4n) is 7.58. The van der Waals surface area contributed by atoms with Crippen LogP contribution >= 0.6 is 0 Å². The molecule has 0 aromatic rings. The van der Waals surface area contributed by atoms with Crippen LogP contribution in [0.15, 0.2) is 0 Å². The van der Waals surface area contributed by atoms with Crippen molar-refractivity contribution >= 4 is 5.91 Å². The highest BCUT2D eigenvalue weighted by molar-refractivity contribution is 5.80. The summed E-state index contributed by atoms with van der Waals surface area (Å²) in [4.78, 5) is 12.5. The lowest BCUT2D eigenvalue weighted by atomic mass is 9.99. The lowest BCUT2D eigenvalue weighted by Gasteiger charge is -2.27. The van der Waals surface area contributed by atoms with Gasteiger partial charge >= 0.3 is 0 Å². The molecule has 0 heterocycles. The predicted molar refractivity (Wildman–Crippen MR) is 224 cm³/mol. The first-order chi connectivity index (χ1) is 25.5. The largest absolute Gasteiger partial charge is 0.394 e. The molecule has 0 spiro atoms. The molecule has 0 fully saturated rings. The van der Waals surface area contributed by atoms with E-state index in [1.807, 2.05) is 0 Å². The van der Waals surface area contributed by atoms with Crippen LogP contribution in [-0.2, 0) is 4.79 Å². The molecule has 0 saturated heterocycles. The zero-order valence-electron chi connectivity index (χ0n) is 35.1. The molecule has 0 radical (unpaired) electrons. The summed E-state index contributed by atoms with van der Waals surface area (Å²) >= 11 is 0. The quantitative estimate of drug-likeness (QED) is 0.0400. The number of unbranched alkanes of at least 4 members (excludes halogenated alkanes) is 34. The van der Waals surface area contributed by atoms with Crippen LogP contribution in [0.25, 0.3) is 0 Å². The number of carbonyl (C=O) groups is 1. The lowest BCUT2D eigenvalue weighted by Crippen LogP contribution is -2.53. The summed E-state index contributed by atoms with van der Waals surface area (Å²) in [6.45, 7) is 4.07. The molecule has 5 N–H and O–H groups in total. The molecule has 1 unspecified atom stereocenters. The topological polar surface area (TPSA) is 110 Å². The second-order valence-corrected chi connectivity index (χ2v) is 16.5. The van der Waals surface area contributed by atoms with Crippen molar-refractivity contribution in [2.75, 3.05) is 6.61 Å². The zero-order valence-corrected chi connectivity index (χ0v) is 35.1. The van der Waals surface area contributed by atoms with Gasteiger partial charge in [-0.05, 0) is 12.8 Å². The van der Waals surface area contributed by atoms with Crippen molar-refractivity contribution in [2.24, 2.45) is 0 Å². The SMILES string of the molecule is CCCCCCCCCCCCCCCCCCCCCCCCC(O)C(=O)N[C@@H](CO)[C@H](O)[C@H](O)CCCCCCCCCCCCCCCC. The summed E-state index contributed by atoms with van der Waals surface area (Å²) < 4.78 is 0. The van der Waals surface area contributed by atoms with Crippen LogP contribution < -0.4 is 5.32 Å². The van der Waals surface area contributed by atoms with Gasteiger partial charge in [-0.2, -0.15) is 0 Å². The minimum Gasteiger partial charge on any atom is -0.394 e. The van der Waals surface area contributed by atoms with Crippen LogP contribution in [0.2, 0.25) is 0 Å². The van der Waals surface area contributed by atoms with Gasteiger partial charge in [0.15, 0.2) is 0 Å². The molecule has 312 valence electrons. The molecular formula is C46H93NO5. The van der Waals surface area contributed by atoms with Crippen molar-refractivity contribution < 1.29 is 25.2 Å². The Morgan fingerprint density at radius 1 is 0.404 bits per heavy atom. The van der Waals surface area contributed by atoms with Gasteiger partial charge < -0.3 is 25.7 Å². The van der Waals surface area contributed by atoms with Gasteiger partial charge in [0.25, 0.3) is 0 Å². The van der Waals surface area contributed by atoms with Crippen LogP contribution in [0.1, 0.15) is 258 Å². The van der Waals surface area contributed by atoms with Gasteiger partial charge in [0.1, 0.15) is 12.2 Å². The highest BCUT2D eigenvalue weighted by Gasteiger charge is 2.28. The van der Waals surface area contributed by atoms with E-state index in [9.17, 15) is 25.2 Å². The molecule has 0 rings (SSSR count). The maximum atomic E-state index is 12.5. The summed E-state index contributed by atoms with van der Waals surface area (Å²) in [5, 5.41) is 43.7. The Balaban J connectivity index is 3.64. The van der Waals surface area contributed by atoms with Crippen molar-refractivity contribution in [1.82, 2.24) is 5.32 Å². The summed E-state index contributed by atoms with van der Waals surface area (Å²) in [6, 6.07) is -0.978. The number of carbonyl (C=O) groups excluding carboxylic acids is 1. The third kappa shape index (κ3) is 35.0. The van der Waals surface area contributed by atoms with Gasteiger partial charge in [-0.15, -0.1) is 0 Å². The van der Waals surface area contributed by atoms with Gasteiger partial charge in [0.2, 0.25) is 5.91 Å². The van der Waals surface area contributed by atoms with E-state index in [1.165, 1.54) is 193 Å². The number of aliphatic hydroxyl groups is 4. The maximum absolute atomic E-state index is 12.5. The van der Waals surface area contributed by atoms with Crippen molar-refractivity contribution in [3.8, 4) is 0 Å². The fourth-order valence-corrected chi connectivity index (χ4v) is 7.58. The van der Waals surface area contributed by atoms with Crippen molar-refractivity contribution in [1.29, 1.82) is 0 Å². The van der Waals surface area contributed by atoms with E-state index in [-0.39, 0.29) is 0 Å². The van der Waals surface area contributed by atoms with E-state index in [1.54, 1.807) is 0 Å². The molecule has 1 amide bonds. The average molecular weight is 740 g/mol. The molecule has 0 aliphatic rings. The minimum absolute atomic E-state index is 0.376. The van der Waals surface area contributed by atoms with Gasteiger partial charge in [-0.25, -0.2) is 0 Å². The van der Waals surface area contributed by atoms with Gasteiger partial charge in [0.05, 0.1) is 18.8 Å². The maximum Gasteiger partial charge on any atom is 0.249 e. The average Bonchev–Trinajstić information content (AvgIpc) is 3.15. The Hall–Kier alpha value is -0.690. The summed E-state index contributed by atoms with van der Waals surface area (Å²) in [6.07, 6.45) is 44.2. The van der Waals surface area contributed by atoms with Gasteiger partial charge in [0, 0.05) is 0 Å². The normalized spacial score (nSPS) is 14.0. The Morgan fingerprint density at radius 2 is 0.654 bits per heavy atom. The third-order valence-corrected chi connectivity index (χ3v) is 11.3. The molecule has 6 nitrogen and oxygen atoms in total. The first-order valence-electron chi connectivity index (χ1n) is 23.4. The summed E-state index contributed by atoms with van der Waals surface area (Å²) in [5.74, 6) is -0.578. The van der Waals surface area contributed by atoms with E-state index >= 15 is 0 Å². The van der Waals surface area contributed by atoms with E-state index in [0.29, 0.717) is 12.8 Å². The summed E-state index contributed by atoms with van der Waals surface area (Å²) in [7, 11) is 0. The van der Waals surface area contributed by atoms with Crippen LogP contribution in [0.3, 0.4) is 0 Å². The third-order valence-electron chi connectivity index (χ3n) is 11.3. The van der Waals surface area contributed by atoms with Crippen LogP contribution in [0, 0.1) is 0 Å². The highest BCUT2D eigenvalue weighted by atomic mass is 16.3. The standard InChI is InChI=1S/C46H93NO5/c1-3-5-7-9-11-13-15-17-19-20-21-22-23-24-25-26-28-30-32-34-36-38-40-44(50)46(52)47-42(41-48)45(51)43(49)39-37-35-33-31-29-27-18-16-14-12-10-8-6-4-2/h42-45,48-51H,3-41H2,1-2H3,(H,47,52)/t42-,43+,44?,45-/m0/s1. The lowest BCUT2D eigenvalue weighted by molar-refractivity contribution is -0.132. The van der Waals surface area contributed by atoms with E-state index in [4.69, 9.17) is 0 Å². The molecule has 0 aliphatic heterocycles. The number of rotatable bonds is 43. The summed E-state index contributed by atoms with van der Waals surface area (Å²) in [5.41, 5.74) is 0. The molecule has 0 aliphatic carbocycles. The minimum atomic E-state index is -1.25. The predicted octanol–water partition coefficient (Wildman–Crippen LogP) is 12.4. The Kier molecular flexibility index (Phi) is 40.9. The molecule has 0 aromatic heterocycles. The van der Waals surface area contributed by atoms with E-state index in [0.717, 1.165) is 38.5 Å². The number of nitrogens with one attached hydrogen (secondary N) is 1. The smallest absolute Gasteiger partial charge is 0.249 e. The first-order valence-corrected chi connectivity index (χ1v) is 23.4. The van der Waals surface area contributed by atoms with E-state index < -0.39 is 36.9 Å². The van der Waals surface area contributed by atoms with Crippen molar-refractivity contribution in [2.45, 2.75) is 282 Å². The first kappa shape index (κ1) is 51.3. The van der Waals surface area contributed by atoms with E-state index in [2.05, 4.69) is 19.2 Å². The number of hydrogen-bond acceptors (Lipinski definition) is 5. The second kappa shape index (κ2) is 41.5. The molecule has 52 heavy (non-hydrogen) atoms. The molecule has 0 bridgehead atoms. The monoisotopic (exact) mass is 740 g/mol. The molecule has 0 aromatic carbocycles. The van der Waals surface area contributed by atoms with Crippen LogP contribution in [0.5, 0.6) is 0 Å². The fraction of sp³-hybridized carbons (Fsp3) is 0.978. The molecular weight excluding hydrogens is 647 g/mol.